The summed E-state index contributed by atoms with van der Waals surface area (Å²) in [4.78, 5) is 11.4. The predicted octanol–water partition coefficient (Wildman–Crippen LogP) is 2.75. The van der Waals surface area contributed by atoms with E-state index in [0.29, 0.717) is 12.0 Å². The summed E-state index contributed by atoms with van der Waals surface area (Å²) in [5.74, 6) is 0.0732. The summed E-state index contributed by atoms with van der Waals surface area (Å²) in [7, 11) is 1.44. The fraction of sp³-hybridized carbons (Fsp3) is 0.462. The third-order valence-corrected chi connectivity index (χ3v) is 3.39. The van der Waals surface area contributed by atoms with Gasteiger partial charge < -0.3 is 4.74 Å². The molecule has 1 saturated carbocycles. The molecular formula is C13H15FO2. The van der Waals surface area contributed by atoms with Gasteiger partial charge in [0.2, 0.25) is 0 Å². The first kappa shape index (κ1) is 11.1. The Morgan fingerprint density at radius 2 is 2.19 bits per heavy atom. The number of carbonyl (C=O) groups excluding carboxylic acids is 1. The summed E-state index contributed by atoms with van der Waals surface area (Å²) in [6.45, 7) is 1.59. The number of hydrogen-bond acceptors (Lipinski definition) is 2. The van der Waals surface area contributed by atoms with Gasteiger partial charge in [-0.05, 0) is 37.8 Å². The molecule has 2 nitrogen and oxygen atoms in total. The molecule has 16 heavy (non-hydrogen) atoms. The third kappa shape index (κ3) is 1.82. The summed E-state index contributed by atoms with van der Waals surface area (Å²) < 4.78 is 18.8. The van der Waals surface area contributed by atoms with Gasteiger partial charge in [0.05, 0.1) is 7.11 Å². The fourth-order valence-corrected chi connectivity index (χ4v) is 2.02. The Morgan fingerprint density at radius 3 is 2.69 bits per heavy atom. The maximum absolute atomic E-state index is 13.9. The van der Waals surface area contributed by atoms with Gasteiger partial charge in [0.15, 0.2) is 11.6 Å². The molecule has 0 atom stereocenters. The molecule has 0 aliphatic heterocycles. The first-order valence-corrected chi connectivity index (χ1v) is 5.41. The Hall–Kier alpha value is -1.38. The van der Waals surface area contributed by atoms with E-state index in [4.69, 9.17) is 4.74 Å². The van der Waals surface area contributed by atoms with Crippen molar-refractivity contribution in [3.05, 3.63) is 29.6 Å². The van der Waals surface area contributed by atoms with Crippen LogP contribution in [0.1, 0.15) is 25.3 Å². The molecule has 0 unspecified atom stereocenters. The Labute approximate surface area is 94.4 Å². The van der Waals surface area contributed by atoms with E-state index in [1.54, 1.807) is 25.1 Å². The number of carbonyl (C=O) groups is 1. The van der Waals surface area contributed by atoms with Crippen molar-refractivity contribution in [1.29, 1.82) is 0 Å². The molecule has 1 aromatic rings. The standard InChI is InChI=1S/C13H15FO2/c1-9(15)13(6-7-13)8-10-4-3-5-11(16-2)12(10)14/h3-5H,6-8H2,1-2H3. The van der Waals surface area contributed by atoms with E-state index in [-0.39, 0.29) is 22.8 Å². The van der Waals surface area contributed by atoms with Crippen LogP contribution in [0.15, 0.2) is 18.2 Å². The molecule has 0 spiro atoms. The Bertz CT molecular complexity index is 422. The minimum absolute atomic E-state index is 0.162. The minimum Gasteiger partial charge on any atom is -0.494 e. The van der Waals surface area contributed by atoms with E-state index < -0.39 is 0 Å². The van der Waals surface area contributed by atoms with Crippen molar-refractivity contribution in [3.8, 4) is 5.75 Å². The molecule has 0 heterocycles. The van der Waals surface area contributed by atoms with Crippen LogP contribution in [0.4, 0.5) is 4.39 Å². The van der Waals surface area contributed by atoms with Gasteiger partial charge >= 0.3 is 0 Å². The monoisotopic (exact) mass is 222 g/mol. The van der Waals surface area contributed by atoms with Crippen LogP contribution in [-0.2, 0) is 11.2 Å². The van der Waals surface area contributed by atoms with Crippen LogP contribution in [0, 0.1) is 11.2 Å². The van der Waals surface area contributed by atoms with Crippen molar-refractivity contribution in [2.45, 2.75) is 26.2 Å². The molecule has 0 radical (unpaired) electrons. The van der Waals surface area contributed by atoms with Gasteiger partial charge in [-0.1, -0.05) is 12.1 Å². The zero-order chi connectivity index (χ0) is 11.8. The Balaban J connectivity index is 2.25. The highest BCUT2D eigenvalue weighted by Gasteiger charge is 2.47. The Kier molecular flexibility index (Phi) is 2.70. The van der Waals surface area contributed by atoms with E-state index >= 15 is 0 Å². The second-order valence-electron chi connectivity index (χ2n) is 4.45. The largest absolute Gasteiger partial charge is 0.494 e. The van der Waals surface area contributed by atoms with Crippen LogP contribution in [0.3, 0.4) is 0 Å². The SMILES string of the molecule is COc1cccc(CC2(C(C)=O)CC2)c1F. The molecule has 0 bridgehead atoms. The number of benzene rings is 1. The highest BCUT2D eigenvalue weighted by atomic mass is 19.1. The summed E-state index contributed by atoms with van der Waals surface area (Å²) in [6, 6.07) is 5.07. The smallest absolute Gasteiger partial charge is 0.168 e. The number of Topliss-reactive ketones (excluding diaryl/α,β-unsaturated/α-hetero) is 1. The van der Waals surface area contributed by atoms with Gasteiger partial charge in [-0.15, -0.1) is 0 Å². The van der Waals surface area contributed by atoms with Crippen molar-refractivity contribution < 1.29 is 13.9 Å². The number of halogens is 1. The third-order valence-electron chi connectivity index (χ3n) is 3.39. The quantitative estimate of drug-likeness (QED) is 0.783. The van der Waals surface area contributed by atoms with Crippen LogP contribution < -0.4 is 4.74 Å². The molecule has 1 aliphatic carbocycles. The molecule has 1 aromatic carbocycles. The lowest BCUT2D eigenvalue weighted by Crippen LogP contribution is -2.16. The van der Waals surface area contributed by atoms with E-state index in [9.17, 15) is 9.18 Å². The lowest BCUT2D eigenvalue weighted by atomic mass is 9.92. The van der Waals surface area contributed by atoms with Crippen LogP contribution in [0.25, 0.3) is 0 Å². The number of ketones is 1. The lowest BCUT2D eigenvalue weighted by molar-refractivity contribution is -0.121. The normalized spacial score (nSPS) is 16.9. The van der Waals surface area contributed by atoms with Crippen LogP contribution >= 0.6 is 0 Å². The first-order valence-electron chi connectivity index (χ1n) is 5.41. The lowest BCUT2D eigenvalue weighted by Gasteiger charge is -2.13. The summed E-state index contributed by atoms with van der Waals surface area (Å²) >= 11 is 0. The zero-order valence-corrected chi connectivity index (χ0v) is 9.55. The Morgan fingerprint density at radius 1 is 1.50 bits per heavy atom. The zero-order valence-electron chi connectivity index (χ0n) is 9.55. The number of ether oxygens (including phenoxy) is 1. The molecule has 0 aromatic heterocycles. The van der Waals surface area contributed by atoms with Crippen molar-refractivity contribution in [1.82, 2.24) is 0 Å². The molecule has 0 N–H and O–H groups in total. The number of rotatable bonds is 4. The van der Waals surface area contributed by atoms with E-state index in [0.717, 1.165) is 12.8 Å². The molecular weight excluding hydrogens is 207 g/mol. The van der Waals surface area contributed by atoms with Gasteiger partial charge in [-0.3, -0.25) is 4.79 Å². The molecule has 2 rings (SSSR count). The fourth-order valence-electron chi connectivity index (χ4n) is 2.02. The summed E-state index contributed by atoms with van der Waals surface area (Å²) in [6.07, 6.45) is 2.24. The van der Waals surface area contributed by atoms with Gasteiger partial charge in [-0.2, -0.15) is 0 Å². The predicted molar refractivity (Wildman–Crippen MR) is 59.0 cm³/mol. The number of methoxy groups -OCH3 is 1. The van der Waals surface area contributed by atoms with Crippen molar-refractivity contribution in [2.24, 2.45) is 5.41 Å². The summed E-state index contributed by atoms with van der Waals surface area (Å²) in [5, 5.41) is 0. The molecule has 0 saturated heterocycles. The maximum Gasteiger partial charge on any atom is 0.168 e. The molecule has 0 amide bonds. The van der Waals surface area contributed by atoms with Crippen molar-refractivity contribution >= 4 is 5.78 Å². The molecule has 1 aliphatic rings. The van der Waals surface area contributed by atoms with Crippen LogP contribution in [0.2, 0.25) is 0 Å². The van der Waals surface area contributed by atoms with Crippen molar-refractivity contribution in [3.63, 3.8) is 0 Å². The van der Waals surface area contributed by atoms with E-state index in [1.165, 1.54) is 7.11 Å². The van der Waals surface area contributed by atoms with Gasteiger partial charge in [0.1, 0.15) is 5.78 Å². The van der Waals surface area contributed by atoms with Crippen LogP contribution in [-0.4, -0.2) is 12.9 Å². The van der Waals surface area contributed by atoms with Gasteiger partial charge in [-0.25, -0.2) is 4.39 Å². The van der Waals surface area contributed by atoms with E-state index in [2.05, 4.69) is 0 Å². The van der Waals surface area contributed by atoms with E-state index in [1.807, 2.05) is 0 Å². The molecule has 3 heteroatoms. The highest BCUT2D eigenvalue weighted by Crippen LogP contribution is 2.49. The minimum atomic E-state index is -0.336. The second kappa shape index (κ2) is 3.89. The van der Waals surface area contributed by atoms with Gasteiger partial charge in [0, 0.05) is 5.41 Å². The maximum atomic E-state index is 13.9. The van der Waals surface area contributed by atoms with Gasteiger partial charge in [0.25, 0.3) is 0 Å². The molecule has 86 valence electrons. The number of hydrogen-bond donors (Lipinski definition) is 0. The molecule has 1 fully saturated rings. The van der Waals surface area contributed by atoms with Crippen LogP contribution in [0.5, 0.6) is 5.75 Å². The first-order chi connectivity index (χ1) is 7.59. The highest BCUT2D eigenvalue weighted by molar-refractivity contribution is 5.85. The average Bonchev–Trinajstić information content (AvgIpc) is 3.02. The topological polar surface area (TPSA) is 26.3 Å². The average molecular weight is 222 g/mol. The van der Waals surface area contributed by atoms with Crippen molar-refractivity contribution in [2.75, 3.05) is 7.11 Å². The summed E-state index contributed by atoms with van der Waals surface area (Å²) in [5.41, 5.74) is 0.278. The second-order valence-corrected chi connectivity index (χ2v) is 4.45.